The molecule has 0 N–H and O–H groups in total. The molecule has 0 aliphatic carbocycles. The van der Waals surface area contributed by atoms with E-state index in [1.54, 1.807) is 31.5 Å². The number of hydrogen-bond donors (Lipinski definition) is 0. The molecule has 2 heterocycles. The predicted molar refractivity (Wildman–Crippen MR) is 141 cm³/mol. The van der Waals surface area contributed by atoms with Crippen molar-refractivity contribution in [2.75, 3.05) is 7.11 Å². The first-order valence-electron chi connectivity index (χ1n) is 11.0. The second kappa shape index (κ2) is 9.38. The van der Waals surface area contributed by atoms with Gasteiger partial charge in [0, 0.05) is 0 Å². The van der Waals surface area contributed by atoms with Crippen LogP contribution in [0.15, 0.2) is 85.5 Å². The fourth-order valence-corrected chi connectivity index (χ4v) is 4.27. The van der Waals surface area contributed by atoms with E-state index in [2.05, 4.69) is 21.0 Å². The van der Waals surface area contributed by atoms with Gasteiger partial charge in [-0.3, -0.25) is 4.79 Å². The van der Waals surface area contributed by atoms with E-state index in [0.29, 0.717) is 33.8 Å². The number of fused-ring (bicyclic) bond motifs is 2. The predicted octanol–water partition coefficient (Wildman–Crippen LogP) is 6.25. The molecule has 35 heavy (non-hydrogen) atoms. The second-order valence-electron chi connectivity index (χ2n) is 8.15. The molecule has 0 fully saturated rings. The Morgan fingerprint density at radius 3 is 2.63 bits per heavy atom. The maximum atomic E-state index is 13.4. The molecule has 3 aromatic carbocycles. The van der Waals surface area contributed by atoms with Gasteiger partial charge in [-0.25, -0.2) is 4.98 Å². The van der Waals surface area contributed by atoms with Gasteiger partial charge >= 0.3 is 0 Å². The lowest BCUT2D eigenvalue weighted by Gasteiger charge is -2.11. The lowest BCUT2D eigenvalue weighted by Crippen LogP contribution is -2.20. The molecule has 0 amide bonds. The van der Waals surface area contributed by atoms with E-state index in [1.165, 1.54) is 4.68 Å². The van der Waals surface area contributed by atoms with E-state index in [0.717, 1.165) is 21.2 Å². The molecule has 2 aromatic heterocycles. The average molecular weight is 532 g/mol. The van der Waals surface area contributed by atoms with Crippen LogP contribution >= 0.6 is 15.9 Å². The summed E-state index contributed by atoms with van der Waals surface area (Å²) in [7, 11) is 1.60. The van der Waals surface area contributed by atoms with Crippen molar-refractivity contribution in [2.45, 2.75) is 20.0 Å². The quantitative estimate of drug-likeness (QED) is 0.242. The van der Waals surface area contributed by atoms with Crippen LogP contribution in [0.25, 0.3) is 33.5 Å². The van der Waals surface area contributed by atoms with Crippen LogP contribution in [0.1, 0.15) is 19.4 Å². The third-order valence-corrected chi connectivity index (χ3v) is 5.98. The number of methoxy groups -OCH3 is 1. The third kappa shape index (κ3) is 4.44. The summed E-state index contributed by atoms with van der Waals surface area (Å²) in [5.41, 5.74) is 1.67. The van der Waals surface area contributed by atoms with Crippen molar-refractivity contribution in [3.05, 3.63) is 87.1 Å². The highest BCUT2D eigenvalue weighted by atomic mass is 79.9. The first-order chi connectivity index (χ1) is 16.9. The highest BCUT2D eigenvalue weighted by Gasteiger charge is 2.18. The number of aromatic nitrogens is 2. The summed E-state index contributed by atoms with van der Waals surface area (Å²) in [5, 5.41) is 5.76. The summed E-state index contributed by atoms with van der Waals surface area (Å²) in [6, 6.07) is 20.1. The van der Waals surface area contributed by atoms with Gasteiger partial charge in [0.1, 0.15) is 17.1 Å². The van der Waals surface area contributed by atoms with Crippen molar-refractivity contribution in [3.63, 3.8) is 0 Å². The van der Waals surface area contributed by atoms with Crippen LogP contribution < -0.4 is 15.0 Å². The van der Waals surface area contributed by atoms with Crippen molar-refractivity contribution in [1.29, 1.82) is 0 Å². The molecule has 0 bridgehead atoms. The summed E-state index contributed by atoms with van der Waals surface area (Å²) in [4.78, 5) is 18.2. The number of benzene rings is 3. The van der Waals surface area contributed by atoms with E-state index in [4.69, 9.17) is 18.9 Å². The zero-order chi connectivity index (χ0) is 24.5. The Morgan fingerprint density at radius 1 is 1.03 bits per heavy atom. The number of rotatable bonds is 6. The van der Waals surface area contributed by atoms with E-state index in [1.807, 2.05) is 62.4 Å². The van der Waals surface area contributed by atoms with Crippen molar-refractivity contribution in [3.8, 4) is 23.1 Å². The fraction of sp³-hybridized carbons (Fsp3) is 0.148. The molecule has 0 radical (unpaired) electrons. The first-order valence-corrected chi connectivity index (χ1v) is 11.8. The van der Waals surface area contributed by atoms with Crippen molar-refractivity contribution < 1.29 is 13.9 Å². The first kappa shape index (κ1) is 22.9. The molecule has 0 aliphatic heterocycles. The van der Waals surface area contributed by atoms with E-state index in [-0.39, 0.29) is 11.7 Å². The topological polar surface area (TPSA) is 78.9 Å². The van der Waals surface area contributed by atoms with Crippen LogP contribution in [-0.4, -0.2) is 29.1 Å². The van der Waals surface area contributed by atoms with E-state index in [9.17, 15) is 4.79 Å². The van der Waals surface area contributed by atoms with Crippen molar-refractivity contribution >= 4 is 44.0 Å². The molecular formula is C27H22BrN3O4. The minimum atomic E-state index is -0.298. The zero-order valence-electron chi connectivity index (χ0n) is 19.4. The van der Waals surface area contributed by atoms with Gasteiger partial charge in [0.25, 0.3) is 5.56 Å². The van der Waals surface area contributed by atoms with Gasteiger partial charge in [0.15, 0.2) is 5.76 Å². The van der Waals surface area contributed by atoms with Crippen LogP contribution in [0.4, 0.5) is 0 Å². The molecule has 7 nitrogen and oxygen atoms in total. The zero-order valence-corrected chi connectivity index (χ0v) is 20.9. The minimum Gasteiger partial charge on any atom is -0.496 e. The maximum absolute atomic E-state index is 13.4. The highest BCUT2D eigenvalue weighted by Crippen LogP contribution is 2.33. The largest absolute Gasteiger partial charge is 0.496 e. The standard InChI is InChI=1S/C27H22BrN3O4/c1-16(2)34-24-12-11-17(13-20(24)28)15-29-31-26(30-21-8-5-4-7-18(21)27(31)32)25-14-19-22(33-3)9-6-10-23(19)35-25/h4-16H,1-3H3. The number of halogens is 1. The molecule has 0 atom stereocenters. The summed E-state index contributed by atoms with van der Waals surface area (Å²) >= 11 is 3.54. The van der Waals surface area contributed by atoms with E-state index >= 15 is 0 Å². The molecule has 0 unspecified atom stereocenters. The number of ether oxygens (including phenoxy) is 2. The van der Waals surface area contributed by atoms with Crippen LogP contribution in [-0.2, 0) is 0 Å². The third-order valence-electron chi connectivity index (χ3n) is 5.36. The molecule has 0 saturated heterocycles. The van der Waals surface area contributed by atoms with Gasteiger partial charge in [-0.05, 0) is 83.9 Å². The maximum Gasteiger partial charge on any atom is 0.282 e. The highest BCUT2D eigenvalue weighted by molar-refractivity contribution is 9.10. The lowest BCUT2D eigenvalue weighted by molar-refractivity contribution is 0.241. The number of nitrogens with zero attached hydrogens (tertiary/aromatic N) is 3. The molecule has 0 aliphatic rings. The monoisotopic (exact) mass is 531 g/mol. The van der Waals surface area contributed by atoms with Gasteiger partial charge < -0.3 is 13.9 Å². The molecule has 8 heteroatoms. The van der Waals surface area contributed by atoms with Crippen molar-refractivity contribution in [2.24, 2.45) is 5.10 Å². The molecule has 5 aromatic rings. The normalized spacial score (nSPS) is 11.7. The smallest absolute Gasteiger partial charge is 0.282 e. The Bertz CT molecular complexity index is 1640. The number of para-hydroxylation sites is 1. The summed E-state index contributed by atoms with van der Waals surface area (Å²) < 4.78 is 19.4. The van der Waals surface area contributed by atoms with Crippen molar-refractivity contribution in [1.82, 2.24) is 9.66 Å². The Morgan fingerprint density at radius 2 is 1.86 bits per heavy atom. The van der Waals surface area contributed by atoms with Gasteiger partial charge in [0.2, 0.25) is 5.82 Å². The lowest BCUT2D eigenvalue weighted by atomic mass is 10.2. The Kier molecular flexibility index (Phi) is 6.13. The van der Waals surface area contributed by atoms with Gasteiger partial charge in [0.05, 0.1) is 40.2 Å². The molecule has 5 rings (SSSR count). The van der Waals surface area contributed by atoms with E-state index < -0.39 is 0 Å². The summed E-state index contributed by atoms with van der Waals surface area (Å²) in [5.74, 6) is 2.11. The van der Waals surface area contributed by atoms with Crippen LogP contribution in [0.3, 0.4) is 0 Å². The number of furan rings is 1. The van der Waals surface area contributed by atoms with Crippen LogP contribution in [0, 0.1) is 0 Å². The minimum absolute atomic E-state index is 0.0538. The summed E-state index contributed by atoms with van der Waals surface area (Å²) in [6.07, 6.45) is 1.66. The number of hydrogen-bond acceptors (Lipinski definition) is 6. The van der Waals surface area contributed by atoms with Crippen LogP contribution in [0.2, 0.25) is 0 Å². The Balaban J connectivity index is 1.65. The molecule has 176 valence electrons. The SMILES string of the molecule is COc1cccc2oc(-c3nc4ccccc4c(=O)n3N=Cc3ccc(OC(C)C)c(Br)c3)cc12. The van der Waals surface area contributed by atoms with Crippen LogP contribution in [0.5, 0.6) is 11.5 Å². The second-order valence-corrected chi connectivity index (χ2v) is 9.01. The van der Waals surface area contributed by atoms with Gasteiger partial charge in [-0.2, -0.15) is 9.78 Å². The molecule has 0 saturated carbocycles. The summed E-state index contributed by atoms with van der Waals surface area (Å²) in [6.45, 7) is 3.94. The van der Waals surface area contributed by atoms with Gasteiger partial charge in [-0.15, -0.1) is 0 Å². The molecule has 0 spiro atoms. The fourth-order valence-electron chi connectivity index (χ4n) is 3.78. The molecular weight excluding hydrogens is 510 g/mol. The van der Waals surface area contributed by atoms with Gasteiger partial charge in [-0.1, -0.05) is 18.2 Å². The Hall–Kier alpha value is -3.91. The Labute approximate surface area is 209 Å². The average Bonchev–Trinajstić information content (AvgIpc) is 3.29.